The lowest BCUT2D eigenvalue weighted by Crippen LogP contribution is -2.50. The van der Waals surface area contributed by atoms with Crippen LogP contribution < -0.4 is 10.3 Å². The van der Waals surface area contributed by atoms with Crippen molar-refractivity contribution in [3.05, 3.63) is 52.2 Å². The lowest BCUT2D eigenvalue weighted by molar-refractivity contribution is 0.0615. The van der Waals surface area contributed by atoms with Crippen molar-refractivity contribution in [2.24, 2.45) is 0 Å². The van der Waals surface area contributed by atoms with Crippen LogP contribution in [0.3, 0.4) is 0 Å². The number of para-hydroxylation sites is 1. The van der Waals surface area contributed by atoms with E-state index in [0.717, 1.165) is 29.1 Å². The molecular formula is C25H27N5O4S. The van der Waals surface area contributed by atoms with E-state index >= 15 is 0 Å². The van der Waals surface area contributed by atoms with Crippen molar-refractivity contribution in [3.63, 3.8) is 0 Å². The summed E-state index contributed by atoms with van der Waals surface area (Å²) < 4.78 is 8.46. The monoisotopic (exact) mass is 493 g/mol. The van der Waals surface area contributed by atoms with Crippen LogP contribution in [-0.4, -0.2) is 95.8 Å². The van der Waals surface area contributed by atoms with E-state index in [1.807, 2.05) is 40.8 Å². The number of hydrogen-bond acceptors (Lipinski definition) is 8. The van der Waals surface area contributed by atoms with Gasteiger partial charge in [-0.3, -0.25) is 18.9 Å². The fourth-order valence-electron chi connectivity index (χ4n) is 5.01. The highest BCUT2D eigenvalue weighted by Crippen LogP contribution is 2.32. The Morgan fingerprint density at radius 3 is 2.57 bits per heavy atom. The first-order chi connectivity index (χ1) is 17.2. The maximum absolute atomic E-state index is 13.8. The van der Waals surface area contributed by atoms with E-state index in [-0.39, 0.29) is 23.5 Å². The van der Waals surface area contributed by atoms with E-state index in [2.05, 4.69) is 9.80 Å². The van der Waals surface area contributed by atoms with Gasteiger partial charge in [-0.1, -0.05) is 12.1 Å². The number of carbonyl (C=O) groups is 1. The van der Waals surface area contributed by atoms with Crippen molar-refractivity contribution in [3.8, 4) is 0 Å². The molecule has 9 nitrogen and oxygen atoms in total. The summed E-state index contributed by atoms with van der Waals surface area (Å²) in [7, 11) is 0. The normalized spacial score (nSPS) is 17.6. The molecule has 182 valence electrons. The smallest absolute Gasteiger partial charge is 0.260 e. The van der Waals surface area contributed by atoms with Crippen molar-refractivity contribution in [1.82, 2.24) is 19.2 Å². The van der Waals surface area contributed by atoms with Gasteiger partial charge in [0.25, 0.3) is 5.91 Å². The molecule has 0 saturated carbocycles. The van der Waals surface area contributed by atoms with Gasteiger partial charge in [-0.15, -0.1) is 11.3 Å². The Kier molecular flexibility index (Phi) is 5.89. The first-order valence-electron chi connectivity index (χ1n) is 12.0. The summed E-state index contributed by atoms with van der Waals surface area (Å²) in [5.41, 5.74) is 1.47. The van der Waals surface area contributed by atoms with Crippen LogP contribution in [0, 0.1) is 0 Å². The zero-order valence-electron chi connectivity index (χ0n) is 19.4. The molecule has 3 aromatic heterocycles. The molecule has 0 atom stereocenters. The third-order valence-electron chi connectivity index (χ3n) is 6.90. The Labute approximate surface area is 205 Å². The van der Waals surface area contributed by atoms with E-state index in [1.54, 1.807) is 4.90 Å². The standard InChI is InChI=1S/C25H27N5O4S/c31-14-11-27-7-9-29(10-8-27)24(33)21-22(32)17-5-6-20(28-12-15-34-16-13-28)26-23(17)30-18-3-1-2-4-19(18)35-25(21)30/h1-6,31H,7-16H2. The molecule has 1 aromatic carbocycles. The molecule has 2 fully saturated rings. The van der Waals surface area contributed by atoms with Crippen molar-refractivity contribution >= 4 is 49.1 Å². The first kappa shape index (κ1) is 22.4. The molecule has 5 heterocycles. The largest absolute Gasteiger partial charge is 0.395 e. The molecule has 1 amide bonds. The number of hydrogen-bond donors (Lipinski definition) is 1. The molecule has 2 aliphatic rings. The fraction of sp³-hybridized carbons (Fsp3) is 0.400. The number of benzene rings is 1. The van der Waals surface area contributed by atoms with Gasteiger partial charge in [0.05, 0.1) is 35.4 Å². The zero-order valence-corrected chi connectivity index (χ0v) is 20.2. The van der Waals surface area contributed by atoms with Crippen LogP contribution in [-0.2, 0) is 4.74 Å². The number of thiazole rings is 1. The first-order valence-corrected chi connectivity index (χ1v) is 12.8. The molecule has 4 aromatic rings. The van der Waals surface area contributed by atoms with Crippen LogP contribution in [0.15, 0.2) is 41.2 Å². The number of ether oxygens (including phenoxy) is 1. The Bertz CT molecular complexity index is 1470. The highest BCUT2D eigenvalue weighted by molar-refractivity contribution is 7.24. The lowest BCUT2D eigenvalue weighted by atomic mass is 10.1. The summed E-state index contributed by atoms with van der Waals surface area (Å²) in [4.78, 5) is 39.2. The van der Waals surface area contributed by atoms with Crippen LogP contribution in [0.5, 0.6) is 0 Å². The molecule has 2 aliphatic heterocycles. The Morgan fingerprint density at radius 1 is 1.03 bits per heavy atom. The minimum absolute atomic E-state index is 0.0990. The number of pyridine rings is 2. The number of aromatic nitrogens is 2. The maximum Gasteiger partial charge on any atom is 0.260 e. The number of amides is 1. The number of fused-ring (bicyclic) bond motifs is 5. The van der Waals surface area contributed by atoms with Gasteiger partial charge in [-0.25, -0.2) is 4.98 Å². The lowest BCUT2D eigenvalue weighted by Gasteiger charge is -2.34. The van der Waals surface area contributed by atoms with Gasteiger partial charge in [0, 0.05) is 45.8 Å². The fourth-order valence-corrected chi connectivity index (χ4v) is 6.19. The molecule has 35 heavy (non-hydrogen) atoms. The molecule has 0 unspecified atom stereocenters. The molecule has 0 spiro atoms. The Morgan fingerprint density at radius 2 is 1.80 bits per heavy atom. The number of aliphatic hydroxyl groups excluding tert-OH is 1. The van der Waals surface area contributed by atoms with Crippen LogP contribution >= 0.6 is 11.3 Å². The van der Waals surface area contributed by atoms with Gasteiger partial charge in [-0.2, -0.15) is 0 Å². The summed E-state index contributed by atoms with van der Waals surface area (Å²) in [6, 6.07) is 11.6. The predicted octanol–water partition coefficient (Wildman–Crippen LogP) is 1.65. The van der Waals surface area contributed by atoms with Crippen molar-refractivity contribution in [2.75, 3.05) is 70.5 Å². The number of carbonyl (C=O) groups excluding carboxylic acids is 1. The summed E-state index contributed by atoms with van der Waals surface area (Å²) in [6.07, 6.45) is 0. The van der Waals surface area contributed by atoms with Gasteiger partial charge < -0.3 is 19.6 Å². The molecular weight excluding hydrogens is 466 g/mol. The minimum atomic E-state index is -0.268. The molecule has 0 bridgehead atoms. The number of morpholine rings is 1. The topological polar surface area (TPSA) is 90.6 Å². The SMILES string of the molecule is O=C(c1c(=O)c2ccc(N3CCOCC3)nc2n2c1sc1ccccc12)N1CCN(CCO)CC1. The van der Waals surface area contributed by atoms with Gasteiger partial charge >= 0.3 is 0 Å². The maximum atomic E-state index is 13.8. The van der Waals surface area contributed by atoms with Crippen LogP contribution in [0.1, 0.15) is 10.4 Å². The van der Waals surface area contributed by atoms with E-state index < -0.39 is 0 Å². The second kappa shape index (κ2) is 9.19. The summed E-state index contributed by atoms with van der Waals surface area (Å²) >= 11 is 1.46. The third kappa shape index (κ3) is 3.86. The Hall–Kier alpha value is -3.05. The zero-order chi connectivity index (χ0) is 23.9. The summed E-state index contributed by atoms with van der Waals surface area (Å²) in [5, 5.41) is 9.67. The van der Waals surface area contributed by atoms with E-state index in [0.29, 0.717) is 61.8 Å². The molecule has 0 radical (unpaired) electrons. The molecule has 1 N–H and O–H groups in total. The number of rotatable bonds is 4. The quantitative estimate of drug-likeness (QED) is 0.462. The number of anilines is 1. The molecule has 6 rings (SSSR count). The van der Waals surface area contributed by atoms with Crippen LogP contribution in [0.4, 0.5) is 5.82 Å². The van der Waals surface area contributed by atoms with Gasteiger partial charge in [0.15, 0.2) is 5.65 Å². The Balaban J connectivity index is 1.52. The van der Waals surface area contributed by atoms with Gasteiger partial charge in [0.2, 0.25) is 5.43 Å². The molecule has 0 aliphatic carbocycles. The third-order valence-corrected chi connectivity index (χ3v) is 8.04. The van der Waals surface area contributed by atoms with E-state index in [1.165, 1.54) is 11.3 Å². The summed E-state index contributed by atoms with van der Waals surface area (Å²) in [5.74, 6) is 0.574. The molecule has 2 saturated heterocycles. The van der Waals surface area contributed by atoms with E-state index in [4.69, 9.17) is 9.72 Å². The second-order valence-corrected chi connectivity index (χ2v) is 9.94. The minimum Gasteiger partial charge on any atom is -0.395 e. The summed E-state index contributed by atoms with van der Waals surface area (Å²) in [6.45, 7) is 5.91. The van der Waals surface area contributed by atoms with Crippen molar-refractivity contribution in [2.45, 2.75) is 0 Å². The van der Waals surface area contributed by atoms with Gasteiger partial charge in [-0.05, 0) is 24.3 Å². The van der Waals surface area contributed by atoms with Crippen molar-refractivity contribution in [1.29, 1.82) is 0 Å². The number of nitrogens with zero attached hydrogens (tertiary/aromatic N) is 5. The van der Waals surface area contributed by atoms with Crippen LogP contribution in [0.25, 0.3) is 26.1 Å². The number of piperazine rings is 1. The second-order valence-electron chi connectivity index (χ2n) is 8.91. The molecule has 10 heteroatoms. The average Bonchev–Trinajstić information content (AvgIpc) is 3.29. The predicted molar refractivity (Wildman–Crippen MR) is 137 cm³/mol. The van der Waals surface area contributed by atoms with Crippen molar-refractivity contribution < 1.29 is 14.6 Å². The number of aliphatic hydroxyl groups is 1. The highest BCUT2D eigenvalue weighted by atomic mass is 32.1. The van der Waals surface area contributed by atoms with Crippen LogP contribution in [0.2, 0.25) is 0 Å². The van der Waals surface area contributed by atoms with E-state index in [9.17, 15) is 14.7 Å². The average molecular weight is 494 g/mol. The highest BCUT2D eigenvalue weighted by Gasteiger charge is 2.29. The van der Waals surface area contributed by atoms with Gasteiger partial charge in [0.1, 0.15) is 16.2 Å². The number of β-amino-alcohol motifs (C(OH)–C–C–N with tert-alkyl or cyclic N) is 1.